The van der Waals surface area contributed by atoms with Crippen LogP contribution in [0.15, 0.2) is 42.5 Å². The summed E-state index contributed by atoms with van der Waals surface area (Å²) in [5, 5.41) is 9.00. The minimum absolute atomic E-state index is 0.324. The van der Waals surface area contributed by atoms with Gasteiger partial charge in [-0.25, -0.2) is 0 Å². The third-order valence-electron chi connectivity index (χ3n) is 2.17. The van der Waals surface area contributed by atoms with E-state index in [-0.39, 0.29) is 0 Å². The summed E-state index contributed by atoms with van der Waals surface area (Å²) in [6.07, 6.45) is 3.05. The highest BCUT2D eigenvalue weighted by Crippen LogP contribution is 2.05. The molecule has 0 amide bonds. The molecule has 0 radical (unpaired) electrons. The maximum Gasteiger partial charge on any atom is 0.311 e. The normalized spacial score (nSPS) is 12.9. The van der Waals surface area contributed by atoms with Gasteiger partial charge in [0.05, 0.1) is 0 Å². The predicted octanol–water partition coefficient (Wildman–Crippen LogP) is 2.29. The zero-order valence-corrected chi connectivity index (χ0v) is 9.73. The first-order valence-corrected chi connectivity index (χ1v) is 5.53. The standard InChI is InChI=1S/C14H19O2/c1-12(10-16-11-13(2)15)8-9-14-6-4-3-5-7-14/h3-7,10,13,15H,1,8-9,11H2,2H3/q+1. The van der Waals surface area contributed by atoms with Crippen LogP contribution in [0.5, 0.6) is 0 Å². The second-order valence-corrected chi connectivity index (χ2v) is 3.94. The highest BCUT2D eigenvalue weighted by Gasteiger charge is 2.02. The van der Waals surface area contributed by atoms with Crippen LogP contribution in [-0.2, 0) is 10.8 Å². The Morgan fingerprint density at radius 1 is 1.44 bits per heavy atom. The zero-order valence-electron chi connectivity index (χ0n) is 9.73. The summed E-state index contributed by atoms with van der Waals surface area (Å²) < 4.78 is 5.17. The summed E-state index contributed by atoms with van der Waals surface area (Å²) >= 11 is 0. The summed E-state index contributed by atoms with van der Waals surface area (Å²) in [6, 6.07) is 10.3. The average Bonchev–Trinajstić information content (AvgIpc) is 2.27. The number of aryl methyl sites for hydroxylation is 1. The number of aldehydes is 1. The molecule has 0 aliphatic carbocycles. The maximum atomic E-state index is 9.00. The van der Waals surface area contributed by atoms with Crippen LogP contribution in [0, 0.1) is 0 Å². The molecule has 2 nitrogen and oxygen atoms in total. The van der Waals surface area contributed by atoms with Crippen molar-refractivity contribution in [2.45, 2.75) is 25.9 Å². The Balaban J connectivity index is 2.28. The summed E-state index contributed by atoms with van der Waals surface area (Å²) in [5.41, 5.74) is 2.25. The van der Waals surface area contributed by atoms with Crippen LogP contribution in [0.2, 0.25) is 0 Å². The van der Waals surface area contributed by atoms with Crippen molar-refractivity contribution in [1.29, 1.82) is 0 Å². The van der Waals surface area contributed by atoms with E-state index in [2.05, 4.69) is 18.7 Å². The highest BCUT2D eigenvalue weighted by atomic mass is 16.4. The molecule has 0 aliphatic rings. The van der Waals surface area contributed by atoms with Crippen LogP contribution in [0.3, 0.4) is 0 Å². The Hall–Kier alpha value is -1.41. The quantitative estimate of drug-likeness (QED) is 0.444. The number of rotatable bonds is 6. The molecule has 0 heterocycles. The number of hydrogen-bond acceptors (Lipinski definition) is 1. The molecule has 1 aromatic carbocycles. The van der Waals surface area contributed by atoms with Gasteiger partial charge in [-0.3, -0.25) is 4.42 Å². The van der Waals surface area contributed by atoms with Crippen molar-refractivity contribution >= 4 is 6.29 Å². The van der Waals surface area contributed by atoms with Gasteiger partial charge in [-0.15, -0.1) is 0 Å². The second-order valence-electron chi connectivity index (χ2n) is 3.94. The molecule has 2 heteroatoms. The first-order valence-electron chi connectivity index (χ1n) is 5.53. The Kier molecular flexibility index (Phi) is 5.51. The molecule has 0 bridgehead atoms. The van der Waals surface area contributed by atoms with Gasteiger partial charge in [0.2, 0.25) is 0 Å². The van der Waals surface area contributed by atoms with Crippen LogP contribution in [0.1, 0.15) is 18.9 Å². The number of aliphatic hydroxyl groups excluding tert-OH is 1. The Morgan fingerprint density at radius 3 is 2.75 bits per heavy atom. The second kappa shape index (κ2) is 6.96. The van der Waals surface area contributed by atoms with Gasteiger partial charge in [0.25, 0.3) is 6.61 Å². The number of benzene rings is 1. The van der Waals surface area contributed by atoms with Crippen molar-refractivity contribution in [3.63, 3.8) is 0 Å². The van der Waals surface area contributed by atoms with Crippen LogP contribution in [0.25, 0.3) is 0 Å². The number of hydrogen-bond donors (Lipinski definition) is 1. The first kappa shape index (κ1) is 12.7. The van der Waals surface area contributed by atoms with Gasteiger partial charge in [-0.1, -0.05) is 36.9 Å². The SMILES string of the molecule is C=C(C=[O+]CC(C)O)CCc1ccccc1. The first-order chi connectivity index (χ1) is 7.68. The average molecular weight is 219 g/mol. The monoisotopic (exact) mass is 219 g/mol. The molecule has 0 saturated heterocycles. The predicted molar refractivity (Wildman–Crippen MR) is 66.5 cm³/mol. The van der Waals surface area contributed by atoms with Gasteiger partial charge in [-0.05, 0) is 25.3 Å². The smallest absolute Gasteiger partial charge is 0.311 e. The Labute approximate surface area is 96.9 Å². The number of carbonyl (C=O) groups excluding carboxylic acids is 1. The molecule has 0 spiro atoms. The molecule has 1 aromatic rings. The van der Waals surface area contributed by atoms with E-state index in [1.54, 1.807) is 13.2 Å². The third-order valence-corrected chi connectivity index (χ3v) is 2.17. The van der Waals surface area contributed by atoms with E-state index in [4.69, 9.17) is 9.53 Å². The fourth-order valence-electron chi connectivity index (χ4n) is 1.31. The number of allylic oxidation sites excluding steroid dienone is 1. The van der Waals surface area contributed by atoms with Crippen molar-refractivity contribution in [1.82, 2.24) is 0 Å². The molecule has 1 rings (SSSR count). The Bertz CT molecular complexity index is 339. The minimum atomic E-state index is -0.432. The molecular formula is C14H19O2+. The van der Waals surface area contributed by atoms with E-state index in [0.29, 0.717) is 6.61 Å². The van der Waals surface area contributed by atoms with Crippen LogP contribution >= 0.6 is 0 Å². The minimum Gasteiger partial charge on any atom is -0.384 e. The summed E-state index contributed by atoms with van der Waals surface area (Å²) in [4.78, 5) is 0. The lowest BCUT2D eigenvalue weighted by atomic mass is 10.1. The van der Waals surface area contributed by atoms with Crippen molar-refractivity contribution in [2.75, 3.05) is 6.61 Å². The van der Waals surface area contributed by atoms with Gasteiger partial charge in [-0.2, -0.15) is 0 Å². The van der Waals surface area contributed by atoms with E-state index in [1.807, 2.05) is 18.2 Å². The van der Waals surface area contributed by atoms with E-state index < -0.39 is 6.10 Å². The lowest BCUT2D eigenvalue weighted by molar-refractivity contribution is -0.462. The lowest BCUT2D eigenvalue weighted by Gasteiger charge is -1.97. The molecule has 0 aliphatic heterocycles. The molecule has 0 fully saturated rings. The van der Waals surface area contributed by atoms with Crippen LogP contribution < -0.4 is 0 Å². The highest BCUT2D eigenvalue weighted by molar-refractivity contribution is 5.72. The molecular weight excluding hydrogens is 200 g/mol. The van der Waals surface area contributed by atoms with Crippen LogP contribution in [-0.4, -0.2) is 24.1 Å². The molecule has 1 atom stereocenters. The zero-order chi connectivity index (χ0) is 11.8. The van der Waals surface area contributed by atoms with Gasteiger partial charge in [0, 0.05) is 5.57 Å². The van der Waals surface area contributed by atoms with Crippen molar-refractivity contribution in [2.24, 2.45) is 0 Å². The fourth-order valence-corrected chi connectivity index (χ4v) is 1.31. The lowest BCUT2D eigenvalue weighted by Crippen LogP contribution is -2.07. The van der Waals surface area contributed by atoms with Gasteiger partial charge in [0.15, 0.2) is 0 Å². The molecule has 16 heavy (non-hydrogen) atoms. The summed E-state index contributed by atoms with van der Waals surface area (Å²) in [7, 11) is 0. The molecule has 86 valence electrons. The maximum absolute atomic E-state index is 9.00. The fraction of sp³-hybridized carbons (Fsp3) is 0.357. The van der Waals surface area contributed by atoms with Crippen molar-refractivity contribution in [3.05, 3.63) is 48.0 Å². The number of aliphatic hydroxyl groups is 1. The molecule has 1 N–H and O–H groups in total. The van der Waals surface area contributed by atoms with Crippen LogP contribution in [0.4, 0.5) is 0 Å². The van der Waals surface area contributed by atoms with Gasteiger partial charge < -0.3 is 5.11 Å². The third kappa shape index (κ3) is 5.47. The van der Waals surface area contributed by atoms with Crippen molar-refractivity contribution in [3.8, 4) is 0 Å². The van der Waals surface area contributed by atoms with E-state index in [9.17, 15) is 0 Å². The topological polar surface area (TPSA) is 31.5 Å². The van der Waals surface area contributed by atoms with E-state index in [0.717, 1.165) is 18.4 Å². The van der Waals surface area contributed by atoms with Gasteiger partial charge in [0.1, 0.15) is 6.10 Å². The van der Waals surface area contributed by atoms with E-state index >= 15 is 0 Å². The molecule has 0 saturated carbocycles. The summed E-state index contributed by atoms with van der Waals surface area (Å²) in [5.74, 6) is 0. The van der Waals surface area contributed by atoms with Crippen molar-refractivity contribution < 1.29 is 9.53 Å². The largest absolute Gasteiger partial charge is 0.384 e. The molecule has 1 unspecified atom stereocenters. The van der Waals surface area contributed by atoms with E-state index in [1.165, 1.54) is 5.56 Å². The van der Waals surface area contributed by atoms with Gasteiger partial charge >= 0.3 is 6.29 Å². The molecule has 0 aromatic heterocycles. The summed E-state index contributed by atoms with van der Waals surface area (Å²) in [6.45, 7) is 5.92. The Morgan fingerprint density at radius 2 is 2.12 bits per heavy atom.